The van der Waals surface area contributed by atoms with E-state index in [-0.39, 0.29) is 16.8 Å². The number of hydrogen-bond acceptors (Lipinski definition) is 5. The van der Waals surface area contributed by atoms with Gasteiger partial charge >= 0.3 is 0 Å². The van der Waals surface area contributed by atoms with Gasteiger partial charge < -0.3 is 5.32 Å². The van der Waals surface area contributed by atoms with Crippen molar-refractivity contribution in [2.24, 2.45) is 0 Å². The van der Waals surface area contributed by atoms with Crippen LogP contribution in [0.4, 0.5) is 0 Å². The number of nitrogens with zero attached hydrogens (tertiary/aromatic N) is 2. The Labute approximate surface area is 102 Å². The van der Waals surface area contributed by atoms with E-state index < -0.39 is 9.84 Å². The molecule has 1 aromatic heterocycles. The molecule has 1 saturated heterocycles. The fraction of sp³-hybridized carbons (Fsp3) is 0.636. The van der Waals surface area contributed by atoms with Crippen LogP contribution in [0.1, 0.15) is 25.0 Å². The van der Waals surface area contributed by atoms with Gasteiger partial charge in [0.2, 0.25) is 0 Å². The summed E-state index contributed by atoms with van der Waals surface area (Å²) in [6, 6.07) is 0.0511. The highest BCUT2D eigenvalue weighted by atomic mass is 32.2. The minimum atomic E-state index is -3.33. The minimum Gasteiger partial charge on any atom is -0.313 e. The van der Waals surface area contributed by atoms with Crippen LogP contribution in [-0.2, 0) is 9.84 Å². The first-order valence-corrected chi connectivity index (χ1v) is 7.48. The summed E-state index contributed by atoms with van der Waals surface area (Å²) in [6.07, 6.45) is 6.06. The fourth-order valence-corrected chi connectivity index (χ4v) is 3.81. The molecule has 1 atom stereocenters. The molecule has 94 valence electrons. The summed E-state index contributed by atoms with van der Waals surface area (Å²) in [5.41, 5.74) is 0.475. The first-order chi connectivity index (χ1) is 8.09. The van der Waals surface area contributed by atoms with Gasteiger partial charge in [0.25, 0.3) is 0 Å². The second kappa shape index (κ2) is 5.10. The lowest BCUT2D eigenvalue weighted by atomic mass is 10.1. The van der Waals surface area contributed by atoms with E-state index in [4.69, 9.17) is 0 Å². The van der Waals surface area contributed by atoms with Crippen molar-refractivity contribution in [2.45, 2.75) is 37.3 Å². The molecule has 0 amide bonds. The topological polar surface area (TPSA) is 72.0 Å². The Morgan fingerprint density at radius 3 is 2.76 bits per heavy atom. The van der Waals surface area contributed by atoms with E-state index in [1.54, 1.807) is 6.92 Å². The monoisotopic (exact) mass is 255 g/mol. The van der Waals surface area contributed by atoms with Crippen molar-refractivity contribution in [1.82, 2.24) is 15.3 Å². The van der Waals surface area contributed by atoms with Crippen LogP contribution in [0.3, 0.4) is 0 Å². The number of aromatic nitrogens is 2. The van der Waals surface area contributed by atoms with E-state index in [1.807, 2.05) is 0 Å². The van der Waals surface area contributed by atoms with Gasteiger partial charge in [0.1, 0.15) is 0 Å². The molecule has 1 fully saturated rings. The van der Waals surface area contributed by atoms with Gasteiger partial charge in [0.05, 0.1) is 11.4 Å². The average Bonchev–Trinajstić information content (AvgIpc) is 2.30. The molecule has 0 spiro atoms. The number of nitrogens with one attached hydrogen (secondary N) is 1. The molecule has 1 aromatic rings. The maximum absolute atomic E-state index is 12.2. The quantitative estimate of drug-likeness (QED) is 0.861. The van der Waals surface area contributed by atoms with E-state index in [0.29, 0.717) is 5.69 Å². The third kappa shape index (κ3) is 3.01. The van der Waals surface area contributed by atoms with Gasteiger partial charge in [-0.25, -0.2) is 13.4 Å². The summed E-state index contributed by atoms with van der Waals surface area (Å²) in [4.78, 5) is 7.91. The Morgan fingerprint density at radius 1 is 1.35 bits per heavy atom. The highest BCUT2D eigenvalue weighted by Crippen LogP contribution is 2.15. The average molecular weight is 255 g/mol. The summed E-state index contributed by atoms with van der Waals surface area (Å²) in [6.45, 7) is 2.58. The van der Waals surface area contributed by atoms with Crippen molar-refractivity contribution in [1.29, 1.82) is 0 Å². The SMILES string of the molecule is Cc1nccnc1S(=O)(=O)CC1CCCCN1. The molecule has 2 heterocycles. The lowest BCUT2D eigenvalue weighted by molar-refractivity contribution is 0.423. The van der Waals surface area contributed by atoms with Crippen LogP contribution < -0.4 is 5.32 Å². The summed E-state index contributed by atoms with van der Waals surface area (Å²) in [5.74, 6) is 0.118. The summed E-state index contributed by atoms with van der Waals surface area (Å²) in [5, 5.41) is 3.36. The zero-order valence-electron chi connectivity index (χ0n) is 9.89. The van der Waals surface area contributed by atoms with Crippen molar-refractivity contribution in [3.05, 3.63) is 18.1 Å². The first kappa shape index (κ1) is 12.4. The van der Waals surface area contributed by atoms with Gasteiger partial charge in [-0.1, -0.05) is 6.42 Å². The predicted molar refractivity (Wildman–Crippen MR) is 64.5 cm³/mol. The largest absolute Gasteiger partial charge is 0.313 e. The number of hydrogen-bond donors (Lipinski definition) is 1. The summed E-state index contributed by atoms with van der Waals surface area (Å²) < 4.78 is 24.4. The molecule has 1 N–H and O–H groups in total. The maximum atomic E-state index is 12.2. The molecular formula is C11H17N3O2S. The van der Waals surface area contributed by atoms with E-state index in [0.717, 1.165) is 25.8 Å². The Kier molecular flexibility index (Phi) is 3.73. The zero-order valence-corrected chi connectivity index (χ0v) is 10.7. The number of aryl methyl sites for hydroxylation is 1. The molecular weight excluding hydrogens is 238 g/mol. The van der Waals surface area contributed by atoms with Gasteiger partial charge in [-0.15, -0.1) is 0 Å². The lowest BCUT2D eigenvalue weighted by Gasteiger charge is -2.23. The highest BCUT2D eigenvalue weighted by molar-refractivity contribution is 7.91. The Balaban J connectivity index is 2.16. The number of rotatable bonds is 3. The van der Waals surface area contributed by atoms with Crippen molar-refractivity contribution >= 4 is 9.84 Å². The van der Waals surface area contributed by atoms with Crippen LogP contribution in [0.5, 0.6) is 0 Å². The van der Waals surface area contributed by atoms with Crippen LogP contribution >= 0.6 is 0 Å². The van der Waals surface area contributed by atoms with Gasteiger partial charge in [-0.05, 0) is 26.3 Å². The molecule has 0 aliphatic carbocycles. The smallest absolute Gasteiger partial charge is 0.198 e. The van der Waals surface area contributed by atoms with Gasteiger partial charge in [0, 0.05) is 18.4 Å². The van der Waals surface area contributed by atoms with Crippen molar-refractivity contribution < 1.29 is 8.42 Å². The van der Waals surface area contributed by atoms with Gasteiger partial charge in [-0.3, -0.25) is 4.98 Å². The maximum Gasteiger partial charge on any atom is 0.198 e. The van der Waals surface area contributed by atoms with Gasteiger partial charge in [0.15, 0.2) is 14.9 Å². The Morgan fingerprint density at radius 2 is 2.12 bits per heavy atom. The van der Waals surface area contributed by atoms with Crippen LogP contribution in [0.15, 0.2) is 17.4 Å². The molecule has 0 radical (unpaired) electrons. The molecule has 1 aliphatic heterocycles. The summed E-state index contributed by atoms with van der Waals surface area (Å²) in [7, 11) is -3.33. The molecule has 6 heteroatoms. The molecule has 0 saturated carbocycles. The Hall–Kier alpha value is -1.01. The van der Waals surface area contributed by atoms with E-state index in [9.17, 15) is 8.42 Å². The highest BCUT2D eigenvalue weighted by Gasteiger charge is 2.25. The third-order valence-electron chi connectivity index (χ3n) is 2.96. The fourth-order valence-electron chi connectivity index (χ4n) is 2.11. The first-order valence-electron chi connectivity index (χ1n) is 5.83. The van der Waals surface area contributed by atoms with Crippen LogP contribution in [-0.4, -0.2) is 36.7 Å². The van der Waals surface area contributed by atoms with Crippen molar-refractivity contribution in [3.63, 3.8) is 0 Å². The standard InChI is InChI=1S/C11H17N3O2S/c1-9-11(14-7-6-12-9)17(15,16)8-10-4-2-3-5-13-10/h6-7,10,13H,2-5,8H2,1H3. The van der Waals surface area contributed by atoms with Gasteiger partial charge in [-0.2, -0.15) is 0 Å². The number of sulfone groups is 1. The van der Waals surface area contributed by atoms with Crippen LogP contribution in [0.25, 0.3) is 0 Å². The Bertz CT molecular complexity index is 481. The minimum absolute atomic E-state index is 0.0511. The molecule has 1 aliphatic rings. The summed E-state index contributed by atoms with van der Waals surface area (Å²) >= 11 is 0. The van der Waals surface area contributed by atoms with E-state index in [2.05, 4.69) is 15.3 Å². The zero-order chi connectivity index (χ0) is 12.3. The van der Waals surface area contributed by atoms with E-state index in [1.165, 1.54) is 12.4 Å². The molecule has 0 aromatic carbocycles. The normalized spacial score (nSPS) is 21.4. The molecule has 2 rings (SSSR count). The predicted octanol–water partition coefficient (Wildman–Crippen LogP) is 0.701. The van der Waals surface area contributed by atoms with Crippen molar-refractivity contribution in [3.8, 4) is 0 Å². The molecule has 1 unspecified atom stereocenters. The molecule has 17 heavy (non-hydrogen) atoms. The lowest BCUT2D eigenvalue weighted by Crippen LogP contribution is -2.39. The third-order valence-corrected chi connectivity index (χ3v) is 4.79. The van der Waals surface area contributed by atoms with Crippen LogP contribution in [0, 0.1) is 6.92 Å². The second-order valence-electron chi connectivity index (χ2n) is 4.38. The van der Waals surface area contributed by atoms with Crippen molar-refractivity contribution in [2.75, 3.05) is 12.3 Å². The molecule has 0 bridgehead atoms. The van der Waals surface area contributed by atoms with E-state index >= 15 is 0 Å². The van der Waals surface area contributed by atoms with Crippen LogP contribution in [0.2, 0.25) is 0 Å². The molecule has 5 nitrogen and oxygen atoms in total. The number of piperidine rings is 1. The second-order valence-corrected chi connectivity index (χ2v) is 6.32.